The van der Waals surface area contributed by atoms with Crippen LogP contribution in [0.4, 0.5) is 4.39 Å². The van der Waals surface area contributed by atoms with Crippen molar-refractivity contribution < 1.29 is 19.1 Å². The zero-order chi connectivity index (χ0) is 27.8. The number of halogens is 1. The van der Waals surface area contributed by atoms with Crippen LogP contribution in [0.25, 0.3) is 22.8 Å². The molecular formula is C30H29FN4O3S. The molecule has 4 aromatic rings. The van der Waals surface area contributed by atoms with Gasteiger partial charge in [0.05, 0.1) is 6.33 Å². The van der Waals surface area contributed by atoms with E-state index in [0.717, 1.165) is 22.3 Å². The number of nitrogens with zero attached hydrogens (tertiary/aromatic N) is 3. The van der Waals surface area contributed by atoms with Gasteiger partial charge in [0.15, 0.2) is 0 Å². The normalized spacial score (nSPS) is 13.1. The van der Waals surface area contributed by atoms with Gasteiger partial charge < -0.3 is 15.0 Å². The number of amides is 1. The van der Waals surface area contributed by atoms with Crippen LogP contribution in [0.3, 0.4) is 0 Å². The van der Waals surface area contributed by atoms with Gasteiger partial charge in [0, 0.05) is 42.5 Å². The van der Waals surface area contributed by atoms with E-state index in [9.17, 15) is 19.1 Å². The molecule has 2 heterocycles. The van der Waals surface area contributed by atoms with Crippen molar-refractivity contribution in [2.24, 2.45) is 0 Å². The Morgan fingerprint density at radius 3 is 2.56 bits per heavy atom. The molecule has 2 N–H and O–H groups in total. The molecule has 0 spiro atoms. The van der Waals surface area contributed by atoms with Gasteiger partial charge >= 0.3 is 5.97 Å². The van der Waals surface area contributed by atoms with Gasteiger partial charge in [-0.05, 0) is 84.0 Å². The smallest absolute Gasteiger partial charge is 0.329 e. The highest BCUT2D eigenvalue weighted by Crippen LogP contribution is 2.28. The first kappa shape index (κ1) is 27.8. The van der Waals surface area contributed by atoms with E-state index in [1.54, 1.807) is 49.2 Å². The third kappa shape index (κ3) is 7.00. The highest BCUT2D eigenvalue weighted by Gasteiger charge is 2.35. The third-order valence-electron chi connectivity index (χ3n) is 6.40. The van der Waals surface area contributed by atoms with Crippen LogP contribution in [-0.4, -0.2) is 49.1 Å². The van der Waals surface area contributed by atoms with Gasteiger partial charge in [0.2, 0.25) is 0 Å². The first-order valence-electron chi connectivity index (χ1n) is 12.3. The van der Waals surface area contributed by atoms with E-state index < -0.39 is 17.4 Å². The second-order valence-electron chi connectivity index (χ2n) is 9.29. The van der Waals surface area contributed by atoms with E-state index in [2.05, 4.69) is 15.3 Å². The summed E-state index contributed by atoms with van der Waals surface area (Å²) in [7, 11) is 0. The van der Waals surface area contributed by atoms with Crippen LogP contribution >= 0.6 is 11.8 Å². The lowest BCUT2D eigenvalue weighted by Crippen LogP contribution is -2.52. The molecule has 0 saturated carbocycles. The van der Waals surface area contributed by atoms with E-state index >= 15 is 0 Å². The molecule has 0 radical (unpaired) electrons. The molecule has 1 amide bonds. The topological polar surface area (TPSA) is 97.1 Å². The molecule has 0 bridgehead atoms. The van der Waals surface area contributed by atoms with Crippen molar-refractivity contribution in [3.8, 4) is 11.1 Å². The van der Waals surface area contributed by atoms with Crippen LogP contribution in [0.2, 0.25) is 0 Å². The Morgan fingerprint density at radius 2 is 1.92 bits per heavy atom. The van der Waals surface area contributed by atoms with Crippen molar-refractivity contribution in [2.75, 3.05) is 12.0 Å². The highest BCUT2D eigenvalue weighted by atomic mass is 32.2. The number of rotatable bonds is 11. The minimum absolute atomic E-state index is 0.285. The summed E-state index contributed by atoms with van der Waals surface area (Å²) in [6, 6.07) is 15.3. The van der Waals surface area contributed by atoms with Crippen molar-refractivity contribution in [1.82, 2.24) is 19.9 Å². The van der Waals surface area contributed by atoms with Gasteiger partial charge in [0.25, 0.3) is 5.91 Å². The first-order valence-corrected chi connectivity index (χ1v) is 13.7. The van der Waals surface area contributed by atoms with Gasteiger partial charge in [-0.15, -0.1) is 0 Å². The summed E-state index contributed by atoms with van der Waals surface area (Å²) >= 11 is 1.52. The zero-order valence-electron chi connectivity index (χ0n) is 21.7. The van der Waals surface area contributed by atoms with Crippen LogP contribution < -0.4 is 5.32 Å². The van der Waals surface area contributed by atoms with Crippen molar-refractivity contribution in [3.05, 3.63) is 108 Å². The van der Waals surface area contributed by atoms with Crippen molar-refractivity contribution in [2.45, 2.75) is 25.4 Å². The van der Waals surface area contributed by atoms with Crippen molar-refractivity contribution >= 4 is 35.3 Å². The lowest BCUT2D eigenvalue weighted by molar-refractivity contribution is -0.143. The molecule has 0 aliphatic rings. The SMILES string of the molecule is CSCC[C@](C)(NC(=O)c1ccc(/C=C(\Cn2ccnc2)c2ccc(F)cc2)cc1-c1cccnc1)C(=O)O. The van der Waals surface area contributed by atoms with E-state index in [-0.39, 0.29) is 12.2 Å². The molecule has 0 aliphatic carbocycles. The molecule has 0 fully saturated rings. The third-order valence-corrected chi connectivity index (χ3v) is 7.01. The number of carboxylic acid groups (broad SMARTS) is 1. The number of carbonyl (C=O) groups is 2. The lowest BCUT2D eigenvalue weighted by Gasteiger charge is -2.26. The molecule has 0 unspecified atom stereocenters. The van der Waals surface area contributed by atoms with Gasteiger partial charge in [0.1, 0.15) is 11.4 Å². The van der Waals surface area contributed by atoms with E-state index in [0.29, 0.717) is 23.4 Å². The monoisotopic (exact) mass is 544 g/mol. The number of carbonyl (C=O) groups excluding carboxylic acids is 1. The van der Waals surface area contributed by atoms with Gasteiger partial charge in [-0.3, -0.25) is 9.78 Å². The predicted molar refractivity (Wildman–Crippen MR) is 153 cm³/mol. The van der Waals surface area contributed by atoms with Crippen LogP contribution in [0.5, 0.6) is 0 Å². The largest absolute Gasteiger partial charge is 0.480 e. The Morgan fingerprint density at radius 1 is 1.13 bits per heavy atom. The maximum Gasteiger partial charge on any atom is 0.329 e. The summed E-state index contributed by atoms with van der Waals surface area (Å²) in [5.74, 6) is -1.30. The Balaban J connectivity index is 1.77. The van der Waals surface area contributed by atoms with Crippen LogP contribution in [0.15, 0.2) is 85.7 Å². The number of benzene rings is 2. The highest BCUT2D eigenvalue weighted by molar-refractivity contribution is 7.98. The summed E-state index contributed by atoms with van der Waals surface area (Å²) in [6.45, 7) is 2.03. The number of carboxylic acids is 1. The average Bonchev–Trinajstić information content (AvgIpc) is 3.45. The van der Waals surface area contributed by atoms with Crippen LogP contribution in [0, 0.1) is 5.82 Å². The number of thioether (sulfide) groups is 1. The van der Waals surface area contributed by atoms with Crippen molar-refractivity contribution in [1.29, 1.82) is 0 Å². The summed E-state index contributed by atoms with van der Waals surface area (Å²) in [4.78, 5) is 33.8. The molecule has 39 heavy (non-hydrogen) atoms. The molecule has 2 aromatic carbocycles. The average molecular weight is 545 g/mol. The second kappa shape index (κ2) is 12.5. The molecule has 7 nitrogen and oxygen atoms in total. The number of hydrogen-bond acceptors (Lipinski definition) is 5. The Bertz CT molecular complexity index is 1460. The molecule has 9 heteroatoms. The number of allylic oxidation sites excluding steroid dienone is 1. The maximum absolute atomic E-state index is 13.6. The molecule has 2 aromatic heterocycles. The van der Waals surface area contributed by atoms with Gasteiger partial charge in [-0.25, -0.2) is 14.2 Å². The fourth-order valence-corrected chi connectivity index (χ4v) is 4.73. The quantitative estimate of drug-likeness (QED) is 0.237. The lowest BCUT2D eigenvalue weighted by atomic mass is 9.94. The Labute approximate surface area is 230 Å². The minimum atomic E-state index is -1.41. The number of imidazole rings is 1. The molecular weight excluding hydrogens is 515 g/mol. The first-order chi connectivity index (χ1) is 18.8. The van der Waals surface area contributed by atoms with Gasteiger partial charge in [-0.1, -0.05) is 24.3 Å². The Kier molecular flexibility index (Phi) is 8.93. The van der Waals surface area contributed by atoms with E-state index in [4.69, 9.17) is 0 Å². The standard InChI is InChI=1S/C30H29FN4O3S/c1-30(29(37)38,11-15-39-2)34-28(36)26-10-5-21(17-27(26)23-4-3-12-32-18-23)16-24(19-35-14-13-33-20-35)22-6-8-25(31)9-7-22/h3-10,12-14,16-18,20H,11,15,19H2,1-2H3,(H,34,36)(H,37,38)/b24-16+/t30-/m0/s1. The fraction of sp³-hybridized carbons (Fsp3) is 0.200. The zero-order valence-corrected chi connectivity index (χ0v) is 22.5. The van der Waals surface area contributed by atoms with Crippen LogP contribution in [0.1, 0.15) is 34.8 Å². The number of aliphatic carboxylic acids is 1. The number of aromatic nitrogens is 3. The molecule has 0 saturated heterocycles. The summed E-state index contributed by atoms with van der Waals surface area (Å²) < 4.78 is 15.6. The summed E-state index contributed by atoms with van der Waals surface area (Å²) in [5, 5.41) is 12.6. The van der Waals surface area contributed by atoms with E-state index in [1.807, 2.05) is 41.3 Å². The van der Waals surface area contributed by atoms with Gasteiger partial charge in [-0.2, -0.15) is 11.8 Å². The second-order valence-corrected chi connectivity index (χ2v) is 10.3. The molecule has 0 aliphatic heterocycles. The maximum atomic E-state index is 13.6. The molecule has 4 rings (SSSR count). The van der Waals surface area contributed by atoms with E-state index in [1.165, 1.54) is 30.8 Å². The number of nitrogens with one attached hydrogen (secondary N) is 1. The number of hydrogen-bond donors (Lipinski definition) is 2. The number of pyridine rings is 1. The predicted octanol–water partition coefficient (Wildman–Crippen LogP) is 5.65. The summed E-state index contributed by atoms with van der Waals surface area (Å²) in [6.07, 6.45) is 12.7. The summed E-state index contributed by atoms with van der Waals surface area (Å²) in [5.41, 5.74) is 2.84. The molecule has 200 valence electrons. The molecule has 1 atom stereocenters. The van der Waals surface area contributed by atoms with Crippen LogP contribution in [-0.2, 0) is 11.3 Å². The van der Waals surface area contributed by atoms with Crippen molar-refractivity contribution in [3.63, 3.8) is 0 Å². The Hall–Kier alpha value is -4.24. The minimum Gasteiger partial charge on any atom is -0.480 e. The fourth-order valence-electron chi connectivity index (χ4n) is 4.12.